The number of para-hydroxylation sites is 2. The number of nitrogens with zero attached hydrogens (tertiary/aromatic N) is 3. The van der Waals surface area contributed by atoms with Gasteiger partial charge in [0.1, 0.15) is 5.75 Å². The Morgan fingerprint density at radius 3 is 2.50 bits per heavy atom. The molecule has 0 aliphatic carbocycles. The fourth-order valence-electron chi connectivity index (χ4n) is 4.29. The van der Waals surface area contributed by atoms with Crippen LogP contribution in [0.1, 0.15) is 27.2 Å². The molecule has 1 saturated heterocycles. The number of ether oxygens (including phenoxy) is 1. The first-order valence-corrected chi connectivity index (χ1v) is 11.6. The fourth-order valence-corrected chi connectivity index (χ4v) is 5.22. The van der Waals surface area contributed by atoms with E-state index in [-0.39, 0.29) is 5.91 Å². The quantitative estimate of drug-likeness (QED) is 0.522. The van der Waals surface area contributed by atoms with Crippen molar-refractivity contribution in [3.63, 3.8) is 0 Å². The summed E-state index contributed by atoms with van der Waals surface area (Å²) in [6, 6.07) is 16.1. The highest BCUT2D eigenvalue weighted by Crippen LogP contribution is 2.30. The van der Waals surface area contributed by atoms with Crippen molar-refractivity contribution in [2.45, 2.75) is 32.3 Å². The highest BCUT2D eigenvalue weighted by Gasteiger charge is 2.26. The molecule has 5 nitrogen and oxygen atoms in total. The van der Waals surface area contributed by atoms with E-state index in [4.69, 9.17) is 9.72 Å². The summed E-state index contributed by atoms with van der Waals surface area (Å²) in [5.74, 6) is 2.58. The molecule has 1 aliphatic heterocycles. The van der Waals surface area contributed by atoms with E-state index >= 15 is 0 Å². The Balaban J connectivity index is 1.58. The van der Waals surface area contributed by atoms with Crippen molar-refractivity contribution in [1.29, 1.82) is 0 Å². The predicted molar refractivity (Wildman–Crippen MR) is 122 cm³/mol. The van der Waals surface area contributed by atoms with Gasteiger partial charge >= 0.3 is 0 Å². The second-order valence-electron chi connectivity index (χ2n) is 8.18. The van der Waals surface area contributed by atoms with E-state index in [2.05, 4.69) is 24.5 Å². The monoisotopic (exact) mass is 423 g/mol. The molecule has 2 heterocycles. The number of carbonyl (C=O) groups excluding carboxylic acids is 1. The number of amides is 1. The number of thioether (sulfide) groups is 1. The van der Waals surface area contributed by atoms with Gasteiger partial charge in [0, 0.05) is 18.8 Å². The first kappa shape index (κ1) is 20.8. The van der Waals surface area contributed by atoms with Gasteiger partial charge in [-0.15, -0.1) is 0 Å². The van der Waals surface area contributed by atoms with Crippen LogP contribution in [0.5, 0.6) is 5.75 Å². The molecule has 0 unspecified atom stereocenters. The SMILES string of the molecule is CCOc1ccc(-n2c(SCC(=O)N3C[C@@H](C)C[C@H](C)C3)nc3ccccc32)cc1. The maximum Gasteiger partial charge on any atom is 0.233 e. The normalized spacial score (nSPS) is 19.2. The molecule has 0 saturated carbocycles. The lowest BCUT2D eigenvalue weighted by Crippen LogP contribution is -2.43. The van der Waals surface area contributed by atoms with Gasteiger partial charge in [-0.1, -0.05) is 37.7 Å². The molecule has 0 N–H and O–H groups in total. The molecule has 0 spiro atoms. The standard InChI is InChI=1S/C24H29N3O2S/c1-4-29-20-11-9-19(10-12-20)27-22-8-6-5-7-21(22)25-24(27)30-16-23(28)26-14-17(2)13-18(3)15-26/h5-12,17-18H,4,13-16H2,1-3H3/t17-,18-/m0/s1. The van der Waals surface area contributed by atoms with Crippen LogP contribution in [-0.4, -0.2) is 45.8 Å². The zero-order valence-corrected chi connectivity index (χ0v) is 18.7. The fraction of sp³-hybridized carbons (Fsp3) is 0.417. The van der Waals surface area contributed by atoms with Crippen LogP contribution in [0.3, 0.4) is 0 Å². The molecule has 2 atom stereocenters. The second kappa shape index (κ2) is 9.13. The first-order valence-electron chi connectivity index (χ1n) is 10.7. The first-order chi connectivity index (χ1) is 14.5. The number of hydrogen-bond acceptors (Lipinski definition) is 4. The molecule has 1 aromatic heterocycles. The third-order valence-electron chi connectivity index (χ3n) is 5.48. The summed E-state index contributed by atoms with van der Waals surface area (Å²) in [7, 11) is 0. The van der Waals surface area contributed by atoms with Crippen molar-refractivity contribution < 1.29 is 9.53 Å². The number of fused-ring (bicyclic) bond motifs is 1. The van der Waals surface area contributed by atoms with Gasteiger partial charge in [-0.05, 0) is 61.6 Å². The maximum atomic E-state index is 12.9. The van der Waals surface area contributed by atoms with E-state index in [1.54, 1.807) is 0 Å². The number of aromatic nitrogens is 2. The number of carbonyl (C=O) groups is 1. The lowest BCUT2D eigenvalue weighted by atomic mass is 9.92. The smallest absolute Gasteiger partial charge is 0.233 e. The number of piperidine rings is 1. The molecule has 3 aromatic rings. The molecule has 158 valence electrons. The second-order valence-corrected chi connectivity index (χ2v) is 9.12. The summed E-state index contributed by atoms with van der Waals surface area (Å²) in [6.07, 6.45) is 1.20. The molecule has 1 aliphatic rings. The zero-order chi connectivity index (χ0) is 21.1. The average Bonchev–Trinajstić information content (AvgIpc) is 3.10. The van der Waals surface area contributed by atoms with Crippen molar-refractivity contribution in [3.05, 3.63) is 48.5 Å². The van der Waals surface area contributed by atoms with Gasteiger partial charge < -0.3 is 9.64 Å². The van der Waals surface area contributed by atoms with Crippen molar-refractivity contribution >= 4 is 28.7 Å². The minimum atomic E-state index is 0.198. The zero-order valence-electron chi connectivity index (χ0n) is 17.9. The van der Waals surface area contributed by atoms with Crippen molar-refractivity contribution in [2.24, 2.45) is 11.8 Å². The van der Waals surface area contributed by atoms with Crippen molar-refractivity contribution in [2.75, 3.05) is 25.4 Å². The van der Waals surface area contributed by atoms with Crippen LogP contribution in [0, 0.1) is 11.8 Å². The summed E-state index contributed by atoms with van der Waals surface area (Å²) in [6.45, 7) is 8.80. The van der Waals surface area contributed by atoms with Gasteiger partial charge in [0.2, 0.25) is 5.91 Å². The number of hydrogen-bond donors (Lipinski definition) is 0. The van der Waals surface area contributed by atoms with Crippen LogP contribution in [0.25, 0.3) is 16.7 Å². The van der Waals surface area contributed by atoms with Crippen LogP contribution in [-0.2, 0) is 4.79 Å². The molecule has 30 heavy (non-hydrogen) atoms. The maximum absolute atomic E-state index is 12.9. The van der Waals surface area contributed by atoms with E-state index in [0.717, 1.165) is 40.7 Å². The van der Waals surface area contributed by atoms with Gasteiger partial charge in [-0.25, -0.2) is 4.98 Å². The molecule has 0 bridgehead atoms. The van der Waals surface area contributed by atoms with Crippen LogP contribution < -0.4 is 4.74 Å². The summed E-state index contributed by atoms with van der Waals surface area (Å²) >= 11 is 1.52. The van der Waals surface area contributed by atoms with Gasteiger partial charge in [0.05, 0.1) is 23.4 Å². The number of imidazole rings is 1. The minimum Gasteiger partial charge on any atom is -0.494 e. The topological polar surface area (TPSA) is 47.4 Å². The van der Waals surface area contributed by atoms with Crippen molar-refractivity contribution in [3.8, 4) is 11.4 Å². The lowest BCUT2D eigenvalue weighted by molar-refractivity contribution is -0.130. The summed E-state index contributed by atoms with van der Waals surface area (Å²) in [5, 5.41) is 0.840. The summed E-state index contributed by atoms with van der Waals surface area (Å²) in [4.78, 5) is 19.7. The van der Waals surface area contributed by atoms with E-state index in [1.807, 2.05) is 54.3 Å². The average molecular weight is 424 g/mol. The van der Waals surface area contributed by atoms with Crippen LogP contribution >= 0.6 is 11.8 Å². The third kappa shape index (κ3) is 4.48. The highest BCUT2D eigenvalue weighted by atomic mass is 32.2. The van der Waals surface area contributed by atoms with Crippen LogP contribution in [0.15, 0.2) is 53.7 Å². The minimum absolute atomic E-state index is 0.198. The Kier molecular flexibility index (Phi) is 6.32. The Labute approximate surface area is 182 Å². The highest BCUT2D eigenvalue weighted by molar-refractivity contribution is 7.99. The molecule has 6 heteroatoms. The molecule has 1 fully saturated rings. The number of benzene rings is 2. The Hall–Kier alpha value is -2.47. The van der Waals surface area contributed by atoms with Gasteiger partial charge in [0.15, 0.2) is 5.16 Å². The Bertz CT molecular complexity index is 1000. The molecule has 2 aromatic carbocycles. The summed E-state index contributed by atoms with van der Waals surface area (Å²) < 4.78 is 7.71. The van der Waals surface area contributed by atoms with Gasteiger partial charge in [0.25, 0.3) is 0 Å². The van der Waals surface area contributed by atoms with Crippen molar-refractivity contribution in [1.82, 2.24) is 14.5 Å². The Morgan fingerprint density at radius 2 is 1.80 bits per heavy atom. The van der Waals surface area contributed by atoms with Gasteiger partial charge in [-0.2, -0.15) is 0 Å². The molecular weight excluding hydrogens is 394 g/mol. The number of rotatable bonds is 6. The van der Waals surface area contributed by atoms with Crippen LogP contribution in [0.4, 0.5) is 0 Å². The van der Waals surface area contributed by atoms with E-state index in [1.165, 1.54) is 18.2 Å². The van der Waals surface area contributed by atoms with E-state index in [9.17, 15) is 4.79 Å². The van der Waals surface area contributed by atoms with E-state index in [0.29, 0.717) is 24.2 Å². The largest absolute Gasteiger partial charge is 0.494 e. The number of likely N-dealkylation sites (tertiary alicyclic amines) is 1. The molecule has 0 radical (unpaired) electrons. The molecular formula is C24H29N3O2S. The summed E-state index contributed by atoms with van der Waals surface area (Å²) in [5.41, 5.74) is 2.99. The predicted octanol–water partition coefficient (Wildman–Crippen LogP) is 5.02. The molecule has 1 amide bonds. The third-order valence-corrected chi connectivity index (χ3v) is 6.41. The van der Waals surface area contributed by atoms with Crippen LogP contribution in [0.2, 0.25) is 0 Å². The molecule has 4 rings (SSSR count). The Morgan fingerprint density at radius 1 is 1.10 bits per heavy atom. The lowest BCUT2D eigenvalue weighted by Gasteiger charge is -2.35. The van der Waals surface area contributed by atoms with E-state index < -0.39 is 0 Å². The van der Waals surface area contributed by atoms with Gasteiger partial charge in [-0.3, -0.25) is 9.36 Å².